The number of nitrogens with zero attached hydrogens (tertiary/aromatic N) is 1. The van der Waals surface area contributed by atoms with E-state index in [4.69, 9.17) is 21.4 Å². The van der Waals surface area contributed by atoms with Gasteiger partial charge in [-0.3, -0.25) is 4.79 Å². The van der Waals surface area contributed by atoms with Crippen LogP contribution in [0.2, 0.25) is 5.02 Å². The third-order valence-corrected chi connectivity index (χ3v) is 4.31. The lowest BCUT2D eigenvalue weighted by Gasteiger charge is -2.16. The van der Waals surface area contributed by atoms with Crippen LogP contribution < -0.4 is 4.74 Å². The minimum Gasteiger partial charge on any atom is -0.481 e. The molecule has 1 aliphatic rings. The molecule has 0 aliphatic heterocycles. The molecule has 1 fully saturated rings. The lowest BCUT2D eigenvalue weighted by molar-refractivity contribution is -0.137. The van der Waals surface area contributed by atoms with Gasteiger partial charge in [-0.15, -0.1) is 0 Å². The molecule has 20 heavy (non-hydrogen) atoms. The SMILES string of the molecule is COc1ccc2c(Cl)c(C3(CC(=O)O)CC3)ccc2n1. The largest absolute Gasteiger partial charge is 0.481 e. The Bertz CT molecular complexity index is 695. The molecule has 1 N–H and O–H groups in total. The zero-order valence-corrected chi connectivity index (χ0v) is 11.8. The van der Waals surface area contributed by atoms with Crippen molar-refractivity contribution in [3.63, 3.8) is 0 Å². The number of carboxylic acids is 1. The predicted octanol–water partition coefficient (Wildman–Crippen LogP) is 3.40. The summed E-state index contributed by atoms with van der Waals surface area (Å²) in [5, 5.41) is 10.5. The second-order valence-electron chi connectivity index (χ2n) is 5.20. The molecular weight excluding hydrogens is 278 g/mol. The van der Waals surface area contributed by atoms with Gasteiger partial charge in [0.1, 0.15) is 0 Å². The molecule has 1 saturated carbocycles. The maximum Gasteiger partial charge on any atom is 0.304 e. The highest BCUT2D eigenvalue weighted by Gasteiger charge is 2.47. The number of fused-ring (bicyclic) bond motifs is 1. The van der Waals surface area contributed by atoms with Crippen LogP contribution in [0.25, 0.3) is 10.9 Å². The molecule has 0 radical (unpaired) electrons. The number of methoxy groups -OCH3 is 1. The number of aliphatic carboxylic acids is 1. The fourth-order valence-corrected chi connectivity index (χ4v) is 3.08. The lowest BCUT2D eigenvalue weighted by Crippen LogP contribution is -2.13. The number of ether oxygens (including phenoxy) is 1. The molecule has 5 heteroatoms. The van der Waals surface area contributed by atoms with Gasteiger partial charge >= 0.3 is 5.97 Å². The van der Waals surface area contributed by atoms with Crippen molar-refractivity contribution in [3.8, 4) is 5.88 Å². The summed E-state index contributed by atoms with van der Waals surface area (Å²) >= 11 is 6.47. The summed E-state index contributed by atoms with van der Waals surface area (Å²) in [4.78, 5) is 15.4. The number of rotatable bonds is 4. The Kier molecular flexibility index (Phi) is 3.05. The second-order valence-corrected chi connectivity index (χ2v) is 5.58. The van der Waals surface area contributed by atoms with Gasteiger partial charge in [-0.25, -0.2) is 4.98 Å². The number of carbonyl (C=O) groups is 1. The quantitative estimate of drug-likeness (QED) is 0.938. The van der Waals surface area contributed by atoms with Crippen molar-refractivity contribution in [2.45, 2.75) is 24.7 Å². The minimum absolute atomic E-state index is 0.127. The highest BCUT2D eigenvalue weighted by Crippen LogP contribution is 2.54. The van der Waals surface area contributed by atoms with Crippen molar-refractivity contribution in [1.82, 2.24) is 4.98 Å². The van der Waals surface area contributed by atoms with Crippen LogP contribution in [0.1, 0.15) is 24.8 Å². The molecule has 1 aliphatic carbocycles. The molecule has 0 amide bonds. The van der Waals surface area contributed by atoms with Crippen LogP contribution in [0.15, 0.2) is 24.3 Å². The number of aromatic nitrogens is 1. The Morgan fingerprint density at radius 1 is 1.40 bits per heavy atom. The molecule has 0 unspecified atom stereocenters. The van der Waals surface area contributed by atoms with Gasteiger partial charge in [-0.1, -0.05) is 17.7 Å². The fraction of sp³-hybridized carbons (Fsp3) is 0.333. The van der Waals surface area contributed by atoms with E-state index in [-0.39, 0.29) is 11.8 Å². The Balaban J connectivity index is 2.10. The zero-order valence-electron chi connectivity index (χ0n) is 11.0. The fourth-order valence-electron chi connectivity index (χ4n) is 2.65. The predicted molar refractivity (Wildman–Crippen MR) is 76.5 cm³/mol. The van der Waals surface area contributed by atoms with Crippen LogP contribution in [0.5, 0.6) is 5.88 Å². The average molecular weight is 292 g/mol. The molecular formula is C15H14ClNO3. The Hall–Kier alpha value is -1.81. The van der Waals surface area contributed by atoms with Gasteiger partial charge < -0.3 is 9.84 Å². The number of benzene rings is 1. The standard InChI is InChI=1S/C15H14ClNO3/c1-20-12-5-2-9-11(17-12)4-3-10(14(9)16)15(6-7-15)8-13(18)19/h2-5H,6-8H2,1H3,(H,18,19). The summed E-state index contributed by atoms with van der Waals surface area (Å²) in [5.41, 5.74) is 1.38. The first-order valence-corrected chi connectivity index (χ1v) is 6.79. The highest BCUT2D eigenvalue weighted by molar-refractivity contribution is 6.36. The van der Waals surface area contributed by atoms with E-state index >= 15 is 0 Å². The van der Waals surface area contributed by atoms with Crippen molar-refractivity contribution in [2.24, 2.45) is 0 Å². The number of carboxylic acid groups (broad SMARTS) is 1. The van der Waals surface area contributed by atoms with Gasteiger partial charge in [0.2, 0.25) is 5.88 Å². The van der Waals surface area contributed by atoms with Crippen molar-refractivity contribution < 1.29 is 14.6 Å². The first-order chi connectivity index (χ1) is 9.55. The smallest absolute Gasteiger partial charge is 0.304 e. The van der Waals surface area contributed by atoms with Crippen molar-refractivity contribution in [1.29, 1.82) is 0 Å². The molecule has 4 nitrogen and oxygen atoms in total. The van der Waals surface area contributed by atoms with E-state index in [1.807, 2.05) is 18.2 Å². The summed E-state index contributed by atoms with van der Waals surface area (Å²) in [6.45, 7) is 0. The third-order valence-electron chi connectivity index (χ3n) is 3.90. The molecule has 0 spiro atoms. The van der Waals surface area contributed by atoms with Gasteiger partial charge in [0, 0.05) is 16.9 Å². The topological polar surface area (TPSA) is 59.4 Å². The first kappa shape index (κ1) is 13.2. The van der Waals surface area contributed by atoms with Crippen LogP contribution in [0, 0.1) is 0 Å². The molecule has 1 aromatic heterocycles. The zero-order chi connectivity index (χ0) is 14.3. The average Bonchev–Trinajstić information content (AvgIpc) is 3.18. The van der Waals surface area contributed by atoms with Crippen LogP contribution in [0.3, 0.4) is 0 Å². The second kappa shape index (κ2) is 4.63. The number of hydrogen-bond donors (Lipinski definition) is 1. The van der Waals surface area contributed by atoms with Gasteiger partial charge in [-0.2, -0.15) is 0 Å². The lowest BCUT2D eigenvalue weighted by atomic mass is 9.91. The number of halogens is 1. The summed E-state index contributed by atoms with van der Waals surface area (Å²) in [6, 6.07) is 7.40. The molecule has 2 aromatic rings. The summed E-state index contributed by atoms with van der Waals surface area (Å²) < 4.78 is 5.09. The summed E-state index contributed by atoms with van der Waals surface area (Å²) in [5.74, 6) is -0.250. The first-order valence-electron chi connectivity index (χ1n) is 6.41. The molecule has 0 saturated heterocycles. The molecule has 3 rings (SSSR count). The number of hydrogen-bond acceptors (Lipinski definition) is 3. The molecule has 104 valence electrons. The van der Waals surface area contributed by atoms with E-state index in [9.17, 15) is 4.79 Å². The Morgan fingerprint density at radius 2 is 2.15 bits per heavy atom. The summed E-state index contributed by atoms with van der Waals surface area (Å²) in [6.07, 6.45) is 1.87. The van der Waals surface area contributed by atoms with Crippen molar-refractivity contribution in [2.75, 3.05) is 7.11 Å². The van der Waals surface area contributed by atoms with Gasteiger partial charge in [0.15, 0.2) is 0 Å². The van der Waals surface area contributed by atoms with Crippen LogP contribution >= 0.6 is 11.6 Å². The molecule has 1 heterocycles. The highest BCUT2D eigenvalue weighted by atomic mass is 35.5. The molecule has 0 bridgehead atoms. The monoisotopic (exact) mass is 291 g/mol. The van der Waals surface area contributed by atoms with E-state index in [1.165, 1.54) is 0 Å². The van der Waals surface area contributed by atoms with E-state index in [1.54, 1.807) is 13.2 Å². The van der Waals surface area contributed by atoms with E-state index in [0.717, 1.165) is 29.3 Å². The maximum atomic E-state index is 11.0. The maximum absolute atomic E-state index is 11.0. The van der Waals surface area contributed by atoms with E-state index in [2.05, 4.69) is 4.98 Å². The number of pyridine rings is 1. The van der Waals surface area contributed by atoms with Gasteiger partial charge in [0.25, 0.3) is 0 Å². The van der Waals surface area contributed by atoms with Crippen molar-refractivity contribution in [3.05, 3.63) is 34.9 Å². The third kappa shape index (κ3) is 2.10. The van der Waals surface area contributed by atoms with Crippen LogP contribution in [-0.2, 0) is 10.2 Å². The van der Waals surface area contributed by atoms with Crippen LogP contribution in [0.4, 0.5) is 0 Å². The van der Waals surface area contributed by atoms with E-state index < -0.39 is 5.97 Å². The minimum atomic E-state index is -0.786. The normalized spacial score (nSPS) is 16.1. The molecule has 1 aromatic carbocycles. The van der Waals surface area contributed by atoms with Crippen molar-refractivity contribution >= 4 is 28.5 Å². The van der Waals surface area contributed by atoms with Gasteiger partial charge in [-0.05, 0) is 30.5 Å². The Morgan fingerprint density at radius 3 is 2.75 bits per heavy atom. The van der Waals surface area contributed by atoms with Crippen LogP contribution in [-0.4, -0.2) is 23.2 Å². The van der Waals surface area contributed by atoms with Gasteiger partial charge in [0.05, 0.1) is 24.1 Å². The molecule has 0 atom stereocenters. The Labute approximate surface area is 121 Å². The van der Waals surface area contributed by atoms with E-state index in [0.29, 0.717) is 10.9 Å². The summed E-state index contributed by atoms with van der Waals surface area (Å²) in [7, 11) is 1.57.